The van der Waals surface area contributed by atoms with Gasteiger partial charge in [0.05, 0.1) is 0 Å². The summed E-state index contributed by atoms with van der Waals surface area (Å²) < 4.78 is 1.31. The first-order valence-electron chi connectivity index (χ1n) is 5.18. The van der Waals surface area contributed by atoms with Gasteiger partial charge in [-0.1, -0.05) is 52.4 Å². The van der Waals surface area contributed by atoms with E-state index in [1.165, 1.54) is 36.0 Å². The van der Waals surface area contributed by atoms with E-state index in [2.05, 4.69) is 20.8 Å². The van der Waals surface area contributed by atoms with Crippen LogP contribution in [0.5, 0.6) is 0 Å². The van der Waals surface area contributed by atoms with Crippen LogP contribution < -0.4 is 0 Å². The van der Waals surface area contributed by atoms with Crippen LogP contribution in [0, 0.1) is 6.92 Å². The molecule has 0 aromatic rings. The minimum absolute atomic E-state index is 0.640. The van der Waals surface area contributed by atoms with Crippen LogP contribution in [-0.2, 0) is 23.3 Å². The maximum atomic E-state index is 5.41. The molecule has 0 heterocycles. The minimum atomic E-state index is -0.640. The van der Waals surface area contributed by atoms with Crippen molar-refractivity contribution < 1.29 is 23.3 Å². The van der Waals surface area contributed by atoms with E-state index in [1.54, 1.807) is 0 Å². The predicted octanol–water partition coefficient (Wildman–Crippen LogP) is 4.84. The van der Waals surface area contributed by atoms with Crippen molar-refractivity contribution in [1.29, 1.82) is 0 Å². The van der Waals surface area contributed by atoms with Crippen molar-refractivity contribution in [3.63, 3.8) is 0 Å². The average Bonchev–Trinajstić information content (AvgIpc) is 2.13. The second kappa shape index (κ2) is 18.1. The molecule has 0 rings (SSSR count). The van der Waals surface area contributed by atoms with E-state index in [1.807, 2.05) is 0 Å². The van der Waals surface area contributed by atoms with Gasteiger partial charge in [-0.05, 0) is 0 Å². The van der Waals surface area contributed by atoms with Crippen molar-refractivity contribution >= 4 is 8.25 Å². The molecule has 0 spiro atoms. The summed E-state index contributed by atoms with van der Waals surface area (Å²) in [6.07, 6.45) is 7.98. The first-order valence-corrected chi connectivity index (χ1v) is 15.8. The van der Waals surface area contributed by atoms with Crippen molar-refractivity contribution in [3.05, 3.63) is 6.92 Å². The Bertz CT molecular complexity index is 49.8. The fraction of sp³-hybridized carbons (Fsp3) is 0.900. The van der Waals surface area contributed by atoms with Gasteiger partial charge >= 0.3 is 42.4 Å². The zero-order valence-electron chi connectivity index (χ0n) is 8.74. The summed E-state index contributed by atoms with van der Waals surface area (Å²) >= 11 is -0.640. The number of rotatable bonds is 6. The van der Waals surface area contributed by atoms with Gasteiger partial charge in [-0.25, -0.2) is 0 Å². The van der Waals surface area contributed by atoms with Gasteiger partial charge < -0.3 is 0 Å². The van der Waals surface area contributed by atoms with E-state index in [4.69, 9.17) is 8.25 Å². The maximum absolute atomic E-state index is 5.41. The first-order chi connectivity index (χ1) is 5.83. The van der Waals surface area contributed by atoms with Crippen LogP contribution in [-0.4, -0.2) is 0 Å². The average molecular weight is 378 g/mol. The predicted molar refractivity (Wildman–Crippen MR) is 55.1 cm³/mol. The molecule has 0 atom stereocenters. The summed E-state index contributed by atoms with van der Waals surface area (Å²) in [5.41, 5.74) is 0. The molecule has 0 fully saturated rings. The van der Waals surface area contributed by atoms with Crippen molar-refractivity contribution in [3.8, 4) is 0 Å². The van der Waals surface area contributed by atoms with Gasteiger partial charge in [0.25, 0.3) is 0 Å². The second-order valence-corrected chi connectivity index (χ2v) is 11.6. The molecule has 0 aromatic heterocycles. The molecular formula is C10H22ClHg. The van der Waals surface area contributed by atoms with Crippen molar-refractivity contribution in [1.82, 2.24) is 0 Å². The Morgan fingerprint density at radius 3 is 1.92 bits per heavy atom. The van der Waals surface area contributed by atoms with E-state index in [0.717, 1.165) is 6.42 Å². The summed E-state index contributed by atoms with van der Waals surface area (Å²) in [6, 6.07) is 0. The maximum Gasteiger partial charge on any atom is -0.0533 e. The molecule has 12 heavy (non-hydrogen) atoms. The van der Waals surface area contributed by atoms with Crippen LogP contribution in [0.1, 0.15) is 52.4 Å². The molecule has 0 amide bonds. The molecule has 0 saturated carbocycles. The first kappa shape index (κ1) is 15.7. The van der Waals surface area contributed by atoms with Crippen LogP contribution in [0.3, 0.4) is 0 Å². The number of unbranched alkanes of at least 4 members (excludes halogenated alkanes) is 5. The van der Waals surface area contributed by atoms with Crippen molar-refractivity contribution in [2.75, 3.05) is 0 Å². The molecule has 0 unspecified atom stereocenters. The van der Waals surface area contributed by atoms with Crippen LogP contribution in [0.2, 0.25) is 3.93 Å². The van der Waals surface area contributed by atoms with E-state index in [-0.39, 0.29) is 0 Å². The van der Waals surface area contributed by atoms with Gasteiger partial charge in [-0.15, -0.1) is 0 Å². The molecule has 71 valence electrons. The number of halogens is 1. The Balaban J connectivity index is 0. The van der Waals surface area contributed by atoms with E-state index < -0.39 is 23.3 Å². The Morgan fingerprint density at radius 1 is 1.08 bits per heavy atom. The Labute approximate surface area is 94.3 Å². The third kappa shape index (κ3) is 22.5. The summed E-state index contributed by atoms with van der Waals surface area (Å²) in [7, 11) is 5.41. The van der Waals surface area contributed by atoms with Crippen LogP contribution >= 0.6 is 8.25 Å². The Morgan fingerprint density at radius 2 is 1.58 bits per heavy atom. The molecule has 0 bridgehead atoms. The zero-order valence-corrected chi connectivity index (χ0v) is 15.0. The molecule has 0 aromatic carbocycles. The molecular weight excluding hydrogens is 356 g/mol. The molecule has 0 saturated heterocycles. The normalized spacial score (nSPS) is 8.33. The second-order valence-electron chi connectivity index (χ2n) is 2.96. The smallest absolute Gasteiger partial charge is 0.0533 e. The van der Waals surface area contributed by atoms with E-state index in [0.29, 0.717) is 0 Å². The molecule has 1 radical (unpaired) electrons. The molecule has 0 N–H and O–H groups in total. The number of hydrogen-bond donors (Lipinski definition) is 0. The summed E-state index contributed by atoms with van der Waals surface area (Å²) in [5.74, 6) is 0. The van der Waals surface area contributed by atoms with Gasteiger partial charge in [0.1, 0.15) is 0 Å². The minimum Gasteiger partial charge on any atom is -0.0654 e. The van der Waals surface area contributed by atoms with Crippen molar-refractivity contribution in [2.45, 2.75) is 56.3 Å². The van der Waals surface area contributed by atoms with E-state index >= 15 is 0 Å². The Kier molecular flexibility index (Phi) is 23.7. The van der Waals surface area contributed by atoms with Crippen LogP contribution in [0.15, 0.2) is 0 Å². The topological polar surface area (TPSA) is 0 Å². The van der Waals surface area contributed by atoms with Crippen LogP contribution in [0.25, 0.3) is 0 Å². The Hall–Kier alpha value is 1.23. The van der Waals surface area contributed by atoms with Crippen LogP contribution in [0.4, 0.5) is 0 Å². The standard InChI is InChI=1S/C8H17.C2H5.ClH.Hg/c1-3-5-7-8-6-4-2;1-2;;/h1,3-8H2,2H3;1H2,2H3;1H;/q;;;+1/p-1. The summed E-state index contributed by atoms with van der Waals surface area (Å²) in [4.78, 5) is 0. The fourth-order valence-electron chi connectivity index (χ4n) is 0.780. The van der Waals surface area contributed by atoms with E-state index in [9.17, 15) is 0 Å². The summed E-state index contributed by atoms with van der Waals surface area (Å²) in [5, 5.41) is 0. The SMILES string of the molecule is C[CH2][Hg][Cl].[CH2]CCCCCCC. The largest absolute Gasteiger partial charge is 0.0654 e. The van der Waals surface area contributed by atoms with Gasteiger partial charge in [0, 0.05) is 0 Å². The third-order valence-corrected chi connectivity index (χ3v) is 6.33. The van der Waals surface area contributed by atoms with Gasteiger partial charge in [0.15, 0.2) is 0 Å². The van der Waals surface area contributed by atoms with Crippen molar-refractivity contribution in [2.24, 2.45) is 0 Å². The molecule has 0 nitrogen and oxygen atoms in total. The monoisotopic (exact) mass is 379 g/mol. The quantitative estimate of drug-likeness (QED) is 0.458. The molecule has 0 aliphatic rings. The third-order valence-electron chi connectivity index (χ3n) is 1.54. The zero-order chi connectivity index (χ0) is 9.66. The van der Waals surface area contributed by atoms with Gasteiger partial charge in [-0.2, -0.15) is 0 Å². The number of hydrogen-bond acceptors (Lipinski definition) is 0. The van der Waals surface area contributed by atoms with Gasteiger partial charge in [-0.3, -0.25) is 0 Å². The summed E-state index contributed by atoms with van der Waals surface area (Å²) in [6.45, 7) is 8.17. The fourth-order valence-corrected chi connectivity index (χ4v) is 0.780. The molecule has 0 aliphatic heterocycles. The van der Waals surface area contributed by atoms with Gasteiger partial charge in [0.2, 0.25) is 0 Å². The molecule has 2 heteroatoms. The molecule has 0 aliphatic carbocycles.